The molecule has 2 saturated carbocycles. The molecule has 0 aromatic rings. The maximum absolute atomic E-state index is 3.59. The van der Waals surface area contributed by atoms with Gasteiger partial charge in [0.05, 0.1) is 0 Å². The van der Waals surface area contributed by atoms with Gasteiger partial charge in [0.1, 0.15) is 0 Å². The van der Waals surface area contributed by atoms with Crippen molar-refractivity contribution in [1.29, 1.82) is 0 Å². The summed E-state index contributed by atoms with van der Waals surface area (Å²) in [4.78, 5) is 0. The summed E-state index contributed by atoms with van der Waals surface area (Å²) in [5.74, 6) is 4.04. The van der Waals surface area contributed by atoms with Crippen molar-refractivity contribution in [2.75, 3.05) is 26.2 Å². The molecule has 0 aromatic heterocycles. The second kappa shape index (κ2) is 5.31. The number of hydrogen-bond acceptors (Lipinski definition) is 2. The SMILES string of the molecule is CC(C)CNCCNCC1C2CCCC21. The van der Waals surface area contributed by atoms with Gasteiger partial charge in [-0.2, -0.15) is 0 Å². The smallest absolute Gasteiger partial charge is 0.00768 e. The van der Waals surface area contributed by atoms with Gasteiger partial charge < -0.3 is 10.6 Å². The van der Waals surface area contributed by atoms with Crippen LogP contribution in [-0.2, 0) is 0 Å². The molecule has 2 N–H and O–H groups in total. The molecule has 2 rings (SSSR count). The molecule has 0 aromatic carbocycles. The van der Waals surface area contributed by atoms with Gasteiger partial charge in [0.2, 0.25) is 0 Å². The Morgan fingerprint density at radius 3 is 2.40 bits per heavy atom. The van der Waals surface area contributed by atoms with Crippen molar-refractivity contribution >= 4 is 0 Å². The summed E-state index contributed by atoms with van der Waals surface area (Å²) in [5, 5.41) is 7.05. The lowest BCUT2D eigenvalue weighted by molar-refractivity contribution is 0.504. The Labute approximate surface area is 94.2 Å². The van der Waals surface area contributed by atoms with E-state index in [9.17, 15) is 0 Å². The molecule has 0 spiro atoms. The summed E-state index contributed by atoms with van der Waals surface area (Å²) in [7, 11) is 0. The van der Waals surface area contributed by atoms with Gasteiger partial charge in [0.25, 0.3) is 0 Å². The number of rotatable bonds is 7. The average molecular weight is 210 g/mol. The average Bonchev–Trinajstić information content (AvgIpc) is 2.65. The molecule has 2 aliphatic carbocycles. The van der Waals surface area contributed by atoms with Crippen LogP contribution in [0, 0.1) is 23.7 Å². The van der Waals surface area contributed by atoms with Crippen LogP contribution in [-0.4, -0.2) is 26.2 Å². The Morgan fingerprint density at radius 2 is 1.73 bits per heavy atom. The summed E-state index contributed by atoms with van der Waals surface area (Å²) in [6.07, 6.45) is 4.53. The Morgan fingerprint density at radius 1 is 1.07 bits per heavy atom. The third-order valence-corrected chi connectivity index (χ3v) is 4.00. The molecule has 2 atom stereocenters. The van der Waals surface area contributed by atoms with Gasteiger partial charge in [0, 0.05) is 13.1 Å². The third-order valence-electron chi connectivity index (χ3n) is 4.00. The summed E-state index contributed by atoms with van der Waals surface area (Å²) >= 11 is 0. The Hall–Kier alpha value is -0.0800. The van der Waals surface area contributed by atoms with Crippen molar-refractivity contribution in [3.05, 3.63) is 0 Å². The normalized spacial score (nSPS) is 33.4. The third kappa shape index (κ3) is 3.18. The molecule has 0 saturated heterocycles. The molecule has 0 aliphatic heterocycles. The molecule has 0 radical (unpaired) electrons. The molecule has 2 nitrogen and oxygen atoms in total. The van der Waals surface area contributed by atoms with Gasteiger partial charge in [0.15, 0.2) is 0 Å². The van der Waals surface area contributed by atoms with Gasteiger partial charge in [-0.3, -0.25) is 0 Å². The van der Waals surface area contributed by atoms with Crippen LogP contribution in [0.1, 0.15) is 33.1 Å². The monoisotopic (exact) mass is 210 g/mol. The van der Waals surface area contributed by atoms with Gasteiger partial charge in [-0.25, -0.2) is 0 Å². The molecule has 2 aliphatic rings. The number of nitrogens with one attached hydrogen (secondary N) is 2. The summed E-state index contributed by atoms with van der Waals surface area (Å²) in [6, 6.07) is 0. The fourth-order valence-corrected chi connectivity index (χ4v) is 3.11. The maximum Gasteiger partial charge on any atom is 0.00768 e. The molecular formula is C13H26N2. The van der Waals surface area contributed by atoms with Crippen molar-refractivity contribution in [2.24, 2.45) is 23.7 Å². The number of hydrogen-bond donors (Lipinski definition) is 2. The first-order valence-electron chi connectivity index (χ1n) is 6.70. The fraction of sp³-hybridized carbons (Fsp3) is 1.00. The van der Waals surface area contributed by atoms with Crippen LogP contribution in [0.25, 0.3) is 0 Å². The summed E-state index contributed by atoms with van der Waals surface area (Å²) in [5.41, 5.74) is 0. The Bertz CT molecular complexity index is 181. The molecule has 0 bridgehead atoms. The quantitative estimate of drug-likeness (QED) is 0.627. The minimum Gasteiger partial charge on any atom is -0.315 e. The van der Waals surface area contributed by atoms with E-state index in [2.05, 4.69) is 24.5 Å². The first-order valence-corrected chi connectivity index (χ1v) is 6.70. The maximum atomic E-state index is 3.59. The van der Waals surface area contributed by atoms with Crippen molar-refractivity contribution in [3.63, 3.8) is 0 Å². The highest BCUT2D eigenvalue weighted by atomic mass is 14.9. The van der Waals surface area contributed by atoms with E-state index < -0.39 is 0 Å². The van der Waals surface area contributed by atoms with Gasteiger partial charge in [-0.15, -0.1) is 0 Å². The van der Waals surface area contributed by atoms with E-state index in [1.165, 1.54) is 25.8 Å². The second-order valence-corrected chi connectivity index (χ2v) is 5.72. The van der Waals surface area contributed by atoms with E-state index >= 15 is 0 Å². The zero-order valence-electron chi connectivity index (χ0n) is 10.3. The van der Waals surface area contributed by atoms with Crippen LogP contribution in [0.3, 0.4) is 0 Å². The molecule has 15 heavy (non-hydrogen) atoms. The van der Waals surface area contributed by atoms with E-state index in [0.29, 0.717) is 0 Å². The van der Waals surface area contributed by atoms with Crippen LogP contribution in [0.15, 0.2) is 0 Å². The zero-order valence-corrected chi connectivity index (χ0v) is 10.3. The van der Waals surface area contributed by atoms with Gasteiger partial charge >= 0.3 is 0 Å². The van der Waals surface area contributed by atoms with Crippen molar-refractivity contribution < 1.29 is 0 Å². The molecule has 0 amide bonds. The fourth-order valence-electron chi connectivity index (χ4n) is 3.11. The highest BCUT2D eigenvalue weighted by Gasteiger charge is 2.51. The topological polar surface area (TPSA) is 24.1 Å². The minimum absolute atomic E-state index is 0.771. The highest BCUT2D eigenvalue weighted by molar-refractivity contribution is 5.01. The van der Waals surface area contributed by atoms with Crippen LogP contribution in [0.2, 0.25) is 0 Å². The first kappa shape index (κ1) is 11.4. The molecule has 88 valence electrons. The van der Waals surface area contributed by atoms with E-state index in [1.54, 1.807) is 0 Å². The predicted octanol–water partition coefficient (Wildman–Crippen LogP) is 1.87. The van der Waals surface area contributed by atoms with Crippen molar-refractivity contribution in [3.8, 4) is 0 Å². The van der Waals surface area contributed by atoms with Crippen molar-refractivity contribution in [1.82, 2.24) is 10.6 Å². The zero-order chi connectivity index (χ0) is 10.7. The van der Waals surface area contributed by atoms with E-state index in [4.69, 9.17) is 0 Å². The Kier molecular flexibility index (Phi) is 4.04. The van der Waals surface area contributed by atoms with Gasteiger partial charge in [-0.1, -0.05) is 20.3 Å². The predicted molar refractivity (Wildman–Crippen MR) is 64.9 cm³/mol. The van der Waals surface area contributed by atoms with Crippen LogP contribution >= 0.6 is 0 Å². The van der Waals surface area contributed by atoms with Gasteiger partial charge in [-0.05, 0) is 49.6 Å². The molecule has 2 fully saturated rings. The Balaban J connectivity index is 1.40. The van der Waals surface area contributed by atoms with Crippen LogP contribution in [0.5, 0.6) is 0 Å². The van der Waals surface area contributed by atoms with Crippen LogP contribution < -0.4 is 10.6 Å². The lowest BCUT2D eigenvalue weighted by Gasteiger charge is -2.09. The van der Waals surface area contributed by atoms with E-state index in [0.717, 1.165) is 43.3 Å². The largest absolute Gasteiger partial charge is 0.315 e. The molecule has 2 unspecified atom stereocenters. The minimum atomic E-state index is 0.771. The second-order valence-electron chi connectivity index (χ2n) is 5.72. The molecule has 0 heterocycles. The van der Waals surface area contributed by atoms with Crippen LogP contribution in [0.4, 0.5) is 0 Å². The first-order chi connectivity index (χ1) is 7.29. The molecular weight excluding hydrogens is 184 g/mol. The van der Waals surface area contributed by atoms with Crippen molar-refractivity contribution in [2.45, 2.75) is 33.1 Å². The van der Waals surface area contributed by atoms with E-state index in [-0.39, 0.29) is 0 Å². The lowest BCUT2D eigenvalue weighted by Crippen LogP contribution is -2.31. The lowest BCUT2D eigenvalue weighted by atomic mass is 10.1. The highest BCUT2D eigenvalue weighted by Crippen LogP contribution is 2.56. The van der Waals surface area contributed by atoms with E-state index in [1.807, 2.05) is 0 Å². The number of fused-ring (bicyclic) bond motifs is 1. The summed E-state index contributed by atoms with van der Waals surface area (Å²) in [6.45, 7) is 9.20. The molecule has 2 heteroatoms. The standard InChI is InChI=1S/C13H26N2/c1-10(2)8-14-6-7-15-9-13-11-4-3-5-12(11)13/h10-15H,3-9H2,1-2H3. The summed E-state index contributed by atoms with van der Waals surface area (Å²) < 4.78 is 0.